The lowest BCUT2D eigenvalue weighted by Gasteiger charge is -2.15. The Bertz CT molecular complexity index is 2060. The number of benzene rings is 1. The second kappa shape index (κ2) is 12.4. The summed E-state index contributed by atoms with van der Waals surface area (Å²) in [6.45, 7) is 2.55. The standard InChI is InChI=1S/C30H32N10O8/c1-15-9-37(29(45)31-27(15)43)25-7-21(23(13-41)47-25)39-11-19(33-35-39)17-4-3-5-18(6-17)20-12-40(36-34-20)22-8-26(48-24(22)14-42)38-10-16(2)28(44)32-30(38)46/h3-6,9-12,21-26,41-42H,7-8,13-14H2,1-2H3,(H,31,43,45)(H,32,44,46). The van der Waals surface area contributed by atoms with E-state index in [4.69, 9.17) is 9.47 Å². The highest BCUT2D eigenvalue weighted by Crippen LogP contribution is 2.38. The monoisotopic (exact) mass is 660 g/mol. The van der Waals surface area contributed by atoms with Gasteiger partial charge in [0.1, 0.15) is 36.1 Å². The number of aromatic nitrogens is 10. The highest BCUT2D eigenvalue weighted by Gasteiger charge is 2.39. The predicted molar refractivity (Wildman–Crippen MR) is 166 cm³/mol. The maximum Gasteiger partial charge on any atom is 0.330 e. The molecular weight excluding hydrogens is 628 g/mol. The largest absolute Gasteiger partial charge is 0.394 e. The number of aliphatic hydroxyl groups is 2. The third-order valence-corrected chi connectivity index (χ3v) is 8.83. The van der Waals surface area contributed by atoms with Gasteiger partial charge in [-0.15, -0.1) is 10.2 Å². The highest BCUT2D eigenvalue weighted by molar-refractivity contribution is 5.68. The molecule has 4 aromatic heterocycles. The Kier molecular flexibility index (Phi) is 8.07. The van der Waals surface area contributed by atoms with Crippen LogP contribution >= 0.6 is 0 Å². The summed E-state index contributed by atoms with van der Waals surface area (Å²) in [5, 5.41) is 37.4. The van der Waals surface area contributed by atoms with Crippen molar-refractivity contribution in [1.82, 2.24) is 49.1 Å². The van der Waals surface area contributed by atoms with Gasteiger partial charge in [-0.25, -0.2) is 19.0 Å². The molecule has 18 nitrogen and oxygen atoms in total. The van der Waals surface area contributed by atoms with E-state index < -0.39 is 59.2 Å². The molecule has 2 aliphatic heterocycles. The first kappa shape index (κ1) is 31.3. The van der Waals surface area contributed by atoms with Crippen molar-refractivity contribution < 1.29 is 19.7 Å². The Labute approximate surface area is 269 Å². The molecule has 6 atom stereocenters. The molecule has 2 aliphatic rings. The van der Waals surface area contributed by atoms with Crippen LogP contribution in [0.2, 0.25) is 0 Å². The Hall–Kier alpha value is -5.30. The molecule has 2 fully saturated rings. The first-order valence-corrected chi connectivity index (χ1v) is 15.2. The van der Waals surface area contributed by atoms with Crippen LogP contribution in [0.4, 0.5) is 0 Å². The Morgan fingerprint density at radius 3 is 1.58 bits per heavy atom. The molecule has 0 saturated carbocycles. The molecule has 18 heteroatoms. The van der Waals surface area contributed by atoms with E-state index in [1.807, 2.05) is 24.3 Å². The van der Waals surface area contributed by atoms with Gasteiger partial charge < -0.3 is 19.7 Å². The Balaban J connectivity index is 1.10. The SMILES string of the molecule is Cc1cn(C2CC(n3cc(-c4cccc(-c5cn(C6CC(n7cc(C)c(=O)[nH]c7=O)OC6CO)nn5)c4)nn3)C(CO)O2)c(=O)[nH]c1=O. The number of nitrogens with zero attached hydrogens (tertiary/aromatic N) is 8. The van der Waals surface area contributed by atoms with Crippen LogP contribution in [0, 0.1) is 13.8 Å². The predicted octanol–water partition coefficient (Wildman–Crippen LogP) is -0.437. The fraction of sp³-hybridized carbons (Fsp3) is 0.400. The Morgan fingerprint density at radius 2 is 1.17 bits per heavy atom. The van der Waals surface area contributed by atoms with Crippen LogP contribution < -0.4 is 22.5 Å². The number of nitrogens with one attached hydrogen (secondary N) is 2. The van der Waals surface area contributed by atoms with E-state index >= 15 is 0 Å². The van der Waals surface area contributed by atoms with Gasteiger partial charge in [-0.1, -0.05) is 28.6 Å². The summed E-state index contributed by atoms with van der Waals surface area (Å²) in [4.78, 5) is 53.1. The van der Waals surface area contributed by atoms with Crippen molar-refractivity contribution in [3.8, 4) is 22.5 Å². The Morgan fingerprint density at radius 1 is 0.729 bits per heavy atom. The molecule has 6 heterocycles. The number of H-pyrrole nitrogens is 2. The number of aryl methyl sites for hydroxylation is 2. The van der Waals surface area contributed by atoms with Crippen LogP contribution in [0.3, 0.4) is 0 Å². The molecule has 48 heavy (non-hydrogen) atoms. The lowest BCUT2D eigenvalue weighted by molar-refractivity contribution is -0.0324. The molecule has 0 spiro atoms. The van der Waals surface area contributed by atoms with Gasteiger partial charge in [-0.05, 0) is 19.9 Å². The van der Waals surface area contributed by atoms with Crippen molar-refractivity contribution in [3.63, 3.8) is 0 Å². The molecular formula is C30H32N10O8. The van der Waals surface area contributed by atoms with Crippen molar-refractivity contribution in [2.24, 2.45) is 0 Å². The average molecular weight is 661 g/mol. The molecule has 0 amide bonds. The van der Waals surface area contributed by atoms with E-state index in [2.05, 4.69) is 30.6 Å². The lowest BCUT2D eigenvalue weighted by atomic mass is 10.1. The topological polar surface area (TPSA) is 230 Å². The van der Waals surface area contributed by atoms with Gasteiger partial charge in [0, 0.05) is 47.5 Å². The summed E-state index contributed by atoms with van der Waals surface area (Å²) in [6.07, 6.45) is 4.18. The maximum atomic E-state index is 12.4. The van der Waals surface area contributed by atoms with Crippen LogP contribution in [-0.4, -0.2) is 84.7 Å². The van der Waals surface area contributed by atoms with Crippen molar-refractivity contribution in [3.05, 3.63) is 102 Å². The summed E-state index contributed by atoms with van der Waals surface area (Å²) in [7, 11) is 0. The van der Waals surface area contributed by atoms with Crippen LogP contribution in [0.15, 0.2) is 68.2 Å². The average Bonchev–Trinajstić information content (AvgIpc) is 3.90. The van der Waals surface area contributed by atoms with Crippen molar-refractivity contribution in [2.75, 3.05) is 13.2 Å². The number of rotatable bonds is 8. The number of aliphatic hydroxyl groups excluding tert-OH is 2. The van der Waals surface area contributed by atoms with E-state index in [9.17, 15) is 29.4 Å². The third kappa shape index (κ3) is 5.63. The van der Waals surface area contributed by atoms with Gasteiger partial charge in [0.15, 0.2) is 0 Å². The van der Waals surface area contributed by atoms with E-state index in [-0.39, 0.29) is 13.2 Å². The molecule has 250 valence electrons. The molecule has 0 radical (unpaired) electrons. The normalized spacial score (nSPS) is 24.0. The fourth-order valence-corrected chi connectivity index (χ4v) is 6.24. The minimum atomic E-state index is -0.721. The van der Waals surface area contributed by atoms with E-state index in [0.717, 1.165) is 11.1 Å². The smallest absolute Gasteiger partial charge is 0.330 e. The molecule has 2 saturated heterocycles. The zero-order valence-corrected chi connectivity index (χ0v) is 25.8. The van der Waals surface area contributed by atoms with Gasteiger partial charge in [0.05, 0.1) is 37.7 Å². The lowest BCUT2D eigenvalue weighted by Crippen LogP contribution is -2.33. The minimum Gasteiger partial charge on any atom is -0.394 e. The number of hydrogen-bond donors (Lipinski definition) is 4. The summed E-state index contributed by atoms with van der Waals surface area (Å²) in [5.41, 5.74) is 1.15. The summed E-state index contributed by atoms with van der Waals surface area (Å²) in [5.74, 6) is 0. The van der Waals surface area contributed by atoms with E-state index in [0.29, 0.717) is 35.4 Å². The second-order valence-corrected chi connectivity index (χ2v) is 11.9. The van der Waals surface area contributed by atoms with Crippen LogP contribution in [-0.2, 0) is 9.47 Å². The summed E-state index contributed by atoms with van der Waals surface area (Å²) >= 11 is 0. The molecule has 5 aromatic rings. The van der Waals surface area contributed by atoms with Crippen LogP contribution in [0.25, 0.3) is 22.5 Å². The minimum absolute atomic E-state index is 0.305. The van der Waals surface area contributed by atoms with Crippen LogP contribution in [0.1, 0.15) is 48.5 Å². The first-order chi connectivity index (χ1) is 23.1. The molecule has 4 N–H and O–H groups in total. The summed E-state index contributed by atoms with van der Waals surface area (Å²) < 4.78 is 17.7. The van der Waals surface area contributed by atoms with Gasteiger partial charge in [0.25, 0.3) is 11.1 Å². The quantitative estimate of drug-likeness (QED) is 0.166. The maximum absolute atomic E-state index is 12.4. The number of hydrogen-bond acceptors (Lipinski definition) is 12. The van der Waals surface area contributed by atoms with Gasteiger partial charge >= 0.3 is 11.4 Å². The highest BCUT2D eigenvalue weighted by atomic mass is 16.5. The second-order valence-electron chi connectivity index (χ2n) is 11.9. The van der Waals surface area contributed by atoms with E-state index in [1.165, 1.54) is 21.5 Å². The molecule has 0 bridgehead atoms. The number of aromatic amines is 2. The van der Waals surface area contributed by atoms with E-state index in [1.54, 1.807) is 35.6 Å². The molecule has 7 rings (SSSR count). The van der Waals surface area contributed by atoms with Crippen molar-refractivity contribution >= 4 is 0 Å². The number of ether oxygens (including phenoxy) is 2. The zero-order chi connectivity index (χ0) is 33.7. The third-order valence-electron chi connectivity index (χ3n) is 8.83. The first-order valence-electron chi connectivity index (χ1n) is 15.2. The van der Waals surface area contributed by atoms with Gasteiger partial charge in [-0.3, -0.25) is 28.7 Å². The fourth-order valence-electron chi connectivity index (χ4n) is 6.24. The van der Waals surface area contributed by atoms with Crippen molar-refractivity contribution in [2.45, 2.75) is 63.4 Å². The molecule has 1 aromatic carbocycles. The van der Waals surface area contributed by atoms with Gasteiger partial charge in [0.2, 0.25) is 0 Å². The summed E-state index contributed by atoms with van der Waals surface area (Å²) in [6, 6.07) is 6.58. The van der Waals surface area contributed by atoms with Crippen LogP contribution in [0.5, 0.6) is 0 Å². The van der Waals surface area contributed by atoms with Gasteiger partial charge in [-0.2, -0.15) is 0 Å². The molecule has 0 aliphatic carbocycles. The van der Waals surface area contributed by atoms with Crippen molar-refractivity contribution in [1.29, 1.82) is 0 Å². The molecule has 6 unspecified atom stereocenters. The zero-order valence-electron chi connectivity index (χ0n) is 25.8.